The van der Waals surface area contributed by atoms with Crippen LogP contribution in [0, 0.1) is 5.82 Å². The predicted molar refractivity (Wildman–Crippen MR) is 90.5 cm³/mol. The van der Waals surface area contributed by atoms with E-state index in [2.05, 4.69) is 4.74 Å². The summed E-state index contributed by atoms with van der Waals surface area (Å²) in [6, 6.07) is 17.0. The van der Waals surface area contributed by atoms with Gasteiger partial charge in [0.1, 0.15) is 17.3 Å². The van der Waals surface area contributed by atoms with Gasteiger partial charge in [-0.05, 0) is 47.0 Å². The Hall–Kier alpha value is -3.02. The number of benzene rings is 3. The fourth-order valence-corrected chi connectivity index (χ4v) is 2.55. The number of alkyl halides is 3. The van der Waals surface area contributed by atoms with Gasteiger partial charge in [-0.3, -0.25) is 0 Å². The van der Waals surface area contributed by atoms with E-state index in [1.165, 1.54) is 18.2 Å². The molecule has 0 heterocycles. The first-order chi connectivity index (χ1) is 12.4. The van der Waals surface area contributed by atoms with Crippen molar-refractivity contribution in [3.8, 4) is 33.8 Å². The van der Waals surface area contributed by atoms with Crippen LogP contribution in [0.4, 0.5) is 17.6 Å². The molecular formula is C20H14F4O2. The molecular weight excluding hydrogens is 348 g/mol. The molecule has 0 saturated heterocycles. The van der Waals surface area contributed by atoms with Gasteiger partial charge in [0.05, 0.1) is 7.11 Å². The van der Waals surface area contributed by atoms with E-state index in [-0.39, 0.29) is 5.75 Å². The zero-order valence-electron chi connectivity index (χ0n) is 13.7. The van der Waals surface area contributed by atoms with Gasteiger partial charge in [-0.25, -0.2) is 4.39 Å². The van der Waals surface area contributed by atoms with Crippen molar-refractivity contribution >= 4 is 0 Å². The van der Waals surface area contributed by atoms with Gasteiger partial charge in [-0.15, -0.1) is 13.2 Å². The summed E-state index contributed by atoms with van der Waals surface area (Å²) in [5.74, 6) is -0.119. The van der Waals surface area contributed by atoms with E-state index in [1.54, 1.807) is 31.4 Å². The average molecular weight is 362 g/mol. The molecule has 6 heteroatoms. The Morgan fingerprint density at radius 3 is 1.77 bits per heavy atom. The van der Waals surface area contributed by atoms with Crippen LogP contribution in [0.15, 0.2) is 66.7 Å². The third kappa shape index (κ3) is 4.14. The molecule has 2 nitrogen and oxygen atoms in total. The molecule has 0 bridgehead atoms. The van der Waals surface area contributed by atoms with Gasteiger partial charge in [0.25, 0.3) is 0 Å². The zero-order valence-corrected chi connectivity index (χ0v) is 13.7. The molecule has 3 aromatic carbocycles. The van der Waals surface area contributed by atoms with Crippen LogP contribution in [-0.2, 0) is 0 Å². The maximum absolute atomic E-state index is 14.5. The SMILES string of the molecule is COc1ccc(-c2ccc(-c3ccc(OC(F)(F)F)cc3)c(F)c2)cc1. The minimum Gasteiger partial charge on any atom is -0.497 e. The van der Waals surface area contributed by atoms with Gasteiger partial charge in [0.2, 0.25) is 0 Å². The maximum Gasteiger partial charge on any atom is 0.573 e. The van der Waals surface area contributed by atoms with Crippen molar-refractivity contribution in [1.29, 1.82) is 0 Å². The lowest BCUT2D eigenvalue weighted by molar-refractivity contribution is -0.274. The van der Waals surface area contributed by atoms with Crippen molar-refractivity contribution in [3.63, 3.8) is 0 Å². The highest BCUT2D eigenvalue weighted by molar-refractivity contribution is 5.71. The van der Waals surface area contributed by atoms with Crippen LogP contribution >= 0.6 is 0 Å². The van der Waals surface area contributed by atoms with Crippen LogP contribution < -0.4 is 9.47 Å². The van der Waals surface area contributed by atoms with Gasteiger partial charge in [-0.1, -0.05) is 36.4 Å². The Morgan fingerprint density at radius 1 is 0.692 bits per heavy atom. The van der Waals surface area contributed by atoms with Crippen molar-refractivity contribution in [3.05, 3.63) is 72.5 Å². The van der Waals surface area contributed by atoms with Crippen molar-refractivity contribution in [2.75, 3.05) is 7.11 Å². The first-order valence-corrected chi connectivity index (χ1v) is 7.66. The highest BCUT2D eigenvalue weighted by Gasteiger charge is 2.31. The zero-order chi connectivity index (χ0) is 18.7. The van der Waals surface area contributed by atoms with Crippen molar-refractivity contribution in [2.45, 2.75) is 6.36 Å². The molecule has 0 aliphatic rings. The Labute approximate surface area is 147 Å². The molecule has 3 rings (SSSR count). The lowest BCUT2D eigenvalue weighted by Crippen LogP contribution is -2.16. The number of rotatable bonds is 4. The standard InChI is InChI=1S/C20H14F4O2/c1-25-16-7-2-13(3-8-16)15-6-11-18(19(21)12-15)14-4-9-17(10-5-14)26-20(22,23)24/h2-12H,1H3. The van der Waals surface area contributed by atoms with Gasteiger partial charge in [0.15, 0.2) is 0 Å². The Bertz CT molecular complexity index is 885. The summed E-state index contributed by atoms with van der Waals surface area (Å²) in [6.07, 6.45) is -4.76. The normalized spacial score (nSPS) is 11.3. The van der Waals surface area contributed by atoms with E-state index in [4.69, 9.17) is 4.74 Å². The Kier molecular flexibility index (Phi) is 4.84. The molecule has 0 radical (unpaired) electrons. The average Bonchev–Trinajstić information content (AvgIpc) is 2.61. The summed E-state index contributed by atoms with van der Waals surface area (Å²) in [6.45, 7) is 0. The minimum atomic E-state index is -4.76. The molecule has 0 aliphatic carbocycles. The van der Waals surface area contributed by atoms with Crippen LogP contribution in [0.3, 0.4) is 0 Å². The second-order valence-electron chi connectivity index (χ2n) is 5.50. The fourth-order valence-electron chi connectivity index (χ4n) is 2.55. The van der Waals surface area contributed by atoms with E-state index in [0.29, 0.717) is 22.4 Å². The predicted octanol–water partition coefficient (Wildman–Crippen LogP) is 6.07. The van der Waals surface area contributed by atoms with E-state index in [9.17, 15) is 17.6 Å². The Balaban J connectivity index is 1.85. The van der Waals surface area contributed by atoms with E-state index >= 15 is 0 Å². The summed E-state index contributed by atoms with van der Waals surface area (Å²) < 4.78 is 60.0. The molecule has 134 valence electrons. The fraction of sp³-hybridized carbons (Fsp3) is 0.100. The van der Waals surface area contributed by atoms with Gasteiger partial charge >= 0.3 is 6.36 Å². The molecule has 0 atom stereocenters. The number of hydrogen-bond donors (Lipinski definition) is 0. The Morgan fingerprint density at radius 2 is 1.23 bits per heavy atom. The van der Waals surface area contributed by atoms with E-state index < -0.39 is 12.2 Å². The molecule has 0 aliphatic heterocycles. The molecule has 0 unspecified atom stereocenters. The third-order valence-electron chi connectivity index (χ3n) is 3.79. The number of methoxy groups -OCH3 is 1. The highest BCUT2D eigenvalue weighted by atomic mass is 19.4. The van der Waals surface area contributed by atoms with E-state index in [1.807, 2.05) is 12.1 Å². The van der Waals surface area contributed by atoms with Crippen LogP contribution in [0.1, 0.15) is 0 Å². The van der Waals surface area contributed by atoms with Crippen molar-refractivity contribution in [2.24, 2.45) is 0 Å². The number of halogens is 4. The summed E-state index contributed by atoms with van der Waals surface area (Å²) >= 11 is 0. The van der Waals surface area contributed by atoms with Crippen molar-refractivity contribution < 1.29 is 27.0 Å². The first-order valence-electron chi connectivity index (χ1n) is 7.66. The summed E-state index contributed by atoms with van der Waals surface area (Å²) in [7, 11) is 1.56. The summed E-state index contributed by atoms with van der Waals surface area (Å²) in [5, 5.41) is 0. The highest BCUT2D eigenvalue weighted by Crippen LogP contribution is 2.31. The van der Waals surface area contributed by atoms with Crippen molar-refractivity contribution in [1.82, 2.24) is 0 Å². The summed E-state index contributed by atoms with van der Waals surface area (Å²) in [4.78, 5) is 0. The van der Waals surface area contributed by atoms with Crippen LogP contribution in [-0.4, -0.2) is 13.5 Å². The van der Waals surface area contributed by atoms with Crippen LogP contribution in [0.25, 0.3) is 22.3 Å². The smallest absolute Gasteiger partial charge is 0.497 e. The monoisotopic (exact) mass is 362 g/mol. The molecule has 0 amide bonds. The molecule has 3 aromatic rings. The second-order valence-corrected chi connectivity index (χ2v) is 5.50. The van der Waals surface area contributed by atoms with Gasteiger partial charge in [0, 0.05) is 5.56 Å². The van der Waals surface area contributed by atoms with Gasteiger partial charge < -0.3 is 9.47 Å². The largest absolute Gasteiger partial charge is 0.573 e. The number of hydrogen-bond acceptors (Lipinski definition) is 2. The lowest BCUT2D eigenvalue weighted by atomic mass is 9.99. The second kappa shape index (κ2) is 7.07. The molecule has 0 N–H and O–H groups in total. The molecule has 0 fully saturated rings. The molecule has 26 heavy (non-hydrogen) atoms. The van der Waals surface area contributed by atoms with Crippen LogP contribution in [0.5, 0.6) is 11.5 Å². The first kappa shape index (κ1) is 17.8. The molecule has 0 aromatic heterocycles. The van der Waals surface area contributed by atoms with Crippen LogP contribution in [0.2, 0.25) is 0 Å². The lowest BCUT2D eigenvalue weighted by Gasteiger charge is -2.10. The topological polar surface area (TPSA) is 18.5 Å². The third-order valence-corrected chi connectivity index (χ3v) is 3.79. The maximum atomic E-state index is 14.5. The van der Waals surface area contributed by atoms with Gasteiger partial charge in [-0.2, -0.15) is 0 Å². The number of ether oxygens (including phenoxy) is 2. The molecule has 0 spiro atoms. The summed E-state index contributed by atoms with van der Waals surface area (Å²) in [5.41, 5.74) is 2.26. The van der Waals surface area contributed by atoms with E-state index in [0.717, 1.165) is 17.7 Å². The molecule has 0 saturated carbocycles. The minimum absolute atomic E-state index is 0.292. The quantitative estimate of drug-likeness (QED) is 0.525.